The predicted molar refractivity (Wildman–Crippen MR) is 117 cm³/mol. The van der Waals surface area contributed by atoms with Crippen molar-refractivity contribution in [1.29, 1.82) is 0 Å². The summed E-state index contributed by atoms with van der Waals surface area (Å²) < 4.78 is 30.3. The number of rotatable bonds is 9. The van der Waals surface area contributed by atoms with E-state index in [2.05, 4.69) is 9.99 Å². The van der Waals surface area contributed by atoms with E-state index in [-0.39, 0.29) is 30.3 Å². The summed E-state index contributed by atoms with van der Waals surface area (Å²) in [5.41, 5.74) is -0.189. The van der Waals surface area contributed by atoms with E-state index in [9.17, 15) is 14.2 Å². The molecule has 172 valence electrons. The number of benzene rings is 1. The van der Waals surface area contributed by atoms with Crippen molar-refractivity contribution in [1.82, 2.24) is 9.99 Å². The maximum absolute atomic E-state index is 13.6. The lowest BCUT2D eigenvalue weighted by Gasteiger charge is -2.43. The predicted octanol–water partition coefficient (Wildman–Crippen LogP) is 3.42. The van der Waals surface area contributed by atoms with Crippen LogP contribution in [0.3, 0.4) is 0 Å². The number of ether oxygens (including phenoxy) is 1. The minimum Gasteiger partial charge on any atom is -0.464 e. The SMILES string of the molecule is C[C@H](NP(=O)(OC[C@H]1C(=O)C2CCN1CC2)Oc1ccccc1)C(=O)OCC(C)(C)C. The molecule has 2 bridgehead atoms. The second-order valence-corrected chi connectivity index (χ2v) is 11.1. The van der Waals surface area contributed by atoms with Crippen LogP contribution in [0.4, 0.5) is 0 Å². The van der Waals surface area contributed by atoms with Gasteiger partial charge in [0.15, 0.2) is 5.78 Å². The molecule has 3 aliphatic rings. The van der Waals surface area contributed by atoms with Crippen molar-refractivity contribution in [2.45, 2.75) is 52.6 Å². The van der Waals surface area contributed by atoms with E-state index >= 15 is 0 Å². The smallest absolute Gasteiger partial charge is 0.459 e. The minimum atomic E-state index is -3.96. The van der Waals surface area contributed by atoms with Crippen LogP contribution in [0.15, 0.2) is 30.3 Å². The summed E-state index contributed by atoms with van der Waals surface area (Å²) in [7, 11) is -3.96. The summed E-state index contributed by atoms with van der Waals surface area (Å²) in [6, 6.07) is 7.24. The Morgan fingerprint density at radius 2 is 1.87 bits per heavy atom. The van der Waals surface area contributed by atoms with Gasteiger partial charge >= 0.3 is 13.7 Å². The summed E-state index contributed by atoms with van der Waals surface area (Å²) in [6.07, 6.45) is 1.73. The van der Waals surface area contributed by atoms with Crippen molar-refractivity contribution in [2.75, 3.05) is 26.3 Å². The molecule has 1 unspecified atom stereocenters. The molecule has 4 rings (SSSR count). The quantitative estimate of drug-likeness (QED) is 0.450. The molecule has 0 aromatic heterocycles. The van der Waals surface area contributed by atoms with Gasteiger partial charge in [0.2, 0.25) is 0 Å². The second-order valence-electron chi connectivity index (χ2n) is 9.45. The zero-order valence-corrected chi connectivity index (χ0v) is 19.6. The van der Waals surface area contributed by atoms with Gasteiger partial charge in [-0.15, -0.1) is 0 Å². The average molecular weight is 452 g/mol. The van der Waals surface area contributed by atoms with Crippen molar-refractivity contribution < 1.29 is 27.9 Å². The first-order chi connectivity index (χ1) is 14.6. The molecule has 3 fully saturated rings. The summed E-state index contributed by atoms with van der Waals surface area (Å²) in [5, 5.41) is 2.68. The number of para-hydroxylation sites is 1. The Bertz CT molecular complexity index is 817. The summed E-state index contributed by atoms with van der Waals surface area (Å²) in [5.74, 6) is -0.0361. The molecule has 1 N–H and O–H groups in total. The number of fused-ring (bicyclic) bond motifs is 3. The summed E-state index contributed by atoms with van der Waals surface area (Å²) in [4.78, 5) is 27.1. The van der Waals surface area contributed by atoms with Crippen molar-refractivity contribution in [2.24, 2.45) is 11.3 Å². The molecule has 0 radical (unpaired) electrons. The number of Topliss-reactive ketones (excluding diaryl/α,β-unsaturated/α-hetero) is 1. The van der Waals surface area contributed by atoms with Crippen LogP contribution in [0.5, 0.6) is 5.75 Å². The van der Waals surface area contributed by atoms with Crippen molar-refractivity contribution in [3.8, 4) is 5.75 Å². The molecular formula is C22H33N2O6P. The maximum Gasteiger partial charge on any atom is 0.459 e. The highest BCUT2D eigenvalue weighted by Crippen LogP contribution is 2.45. The number of hydrogen-bond donors (Lipinski definition) is 1. The molecule has 3 heterocycles. The summed E-state index contributed by atoms with van der Waals surface area (Å²) in [6.45, 7) is 9.24. The van der Waals surface area contributed by atoms with Gasteiger partial charge in [-0.2, -0.15) is 5.09 Å². The molecule has 3 atom stereocenters. The van der Waals surface area contributed by atoms with E-state index in [0.29, 0.717) is 5.75 Å². The zero-order valence-electron chi connectivity index (χ0n) is 18.7. The molecule has 1 aromatic rings. The van der Waals surface area contributed by atoms with E-state index in [4.69, 9.17) is 13.8 Å². The number of carbonyl (C=O) groups is 2. The Balaban J connectivity index is 1.68. The third kappa shape index (κ3) is 6.62. The molecule has 3 saturated heterocycles. The molecule has 0 amide bonds. The third-order valence-electron chi connectivity index (χ3n) is 5.43. The monoisotopic (exact) mass is 452 g/mol. The lowest BCUT2D eigenvalue weighted by molar-refractivity contribution is -0.148. The zero-order chi connectivity index (χ0) is 22.6. The topological polar surface area (TPSA) is 94.2 Å². The number of hydrogen-bond acceptors (Lipinski definition) is 7. The Hall–Kier alpha value is -1.73. The fourth-order valence-corrected chi connectivity index (χ4v) is 5.21. The van der Waals surface area contributed by atoms with Gasteiger partial charge in [-0.3, -0.25) is 19.0 Å². The number of esters is 1. The van der Waals surface area contributed by atoms with Gasteiger partial charge in [0, 0.05) is 5.92 Å². The van der Waals surface area contributed by atoms with Gasteiger partial charge in [0.1, 0.15) is 11.8 Å². The number of nitrogens with zero attached hydrogens (tertiary/aromatic N) is 1. The highest BCUT2D eigenvalue weighted by atomic mass is 31.2. The first-order valence-electron chi connectivity index (χ1n) is 10.8. The Morgan fingerprint density at radius 3 is 2.45 bits per heavy atom. The van der Waals surface area contributed by atoms with Crippen molar-refractivity contribution >= 4 is 19.5 Å². The Morgan fingerprint density at radius 1 is 1.23 bits per heavy atom. The van der Waals surface area contributed by atoms with Crippen LogP contribution in [0.1, 0.15) is 40.5 Å². The van der Waals surface area contributed by atoms with E-state index in [1.807, 2.05) is 26.8 Å². The fourth-order valence-electron chi connectivity index (χ4n) is 3.72. The van der Waals surface area contributed by atoms with Gasteiger partial charge < -0.3 is 9.26 Å². The van der Waals surface area contributed by atoms with Gasteiger partial charge in [-0.1, -0.05) is 39.0 Å². The lowest BCUT2D eigenvalue weighted by Crippen LogP contribution is -2.57. The highest BCUT2D eigenvalue weighted by Gasteiger charge is 2.43. The fraction of sp³-hybridized carbons (Fsp3) is 0.636. The molecule has 0 saturated carbocycles. The standard InChI is InChI=1S/C22H33N2O6P/c1-16(21(26)28-15-22(2,3)4)23-31(27,30-18-8-6-5-7-9-18)29-14-19-20(25)17-10-12-24(19)13-11-17/h5-9,16-17,19H,10-15H2,1-4H3,(H,23,27)/t16-,19-,31?/m0/s1. The highest BCUT2D eigenvalue weighted by molar-refractivity contribution is 7.52. The largest absolute Gasteiger partial charge is 0.464 e. The van der Waals surface area contributed by atoms with Crippen LogP contribution in [0.2, 0.25) is 0 Å². The minimum absolute atomic E-state index is 0.0484. The van der Waals surface area contributed by atoms with E-state index in [1.54, 1.807) is 31.2 Å². The lowest BCUT2D eigenvalue weighted by atomic mass is 9.82. The summed E-state index contributed by atoms with van der Waals surface area (Å²) >= 11 is 0. The molecule has 9 heteroatoms. The molecule has 8 nitrogen and oxygen atoms in total. The van der Waals surface area contributed by atoms with Gasteiger partial charge in [-0.25, -0.2) is 4.57 Å². The third-order valence-corrected chi connectivity index (χ3v) is 7.07. The first-order valence-corrected chi connectivity index (χ1v) is 12.3. The molecule has 31 heavy (non-hydrogen) atoms. The van der Waals surface area contributed by atoms with Crippen LogP contribution in [-0.2, 0) is 23.4 Å². The number of carbonyl (C=O) groups excluding carboxylic acids is 2. The molecule has 3 aliphatic heterocycles. The van der Waals surface area contributed by atoms with E-state index in [1.165, 1.54) is 0 Å². The normalized spacial score (nSPS) is 26.2. The van der Waals surface area contributed by atoms with E-state index in [0.717, 1.165) is 25.9 Å². The van der Waals surface area contributed by atoms with Crippen molar-refractivity contribution in [3.63, 3.8) is 0 Å². The average Bonchev–Trinajstić information content (AvgIpc) is 2.72. The molecule has 0 spiro atoms. The van der Waals surface area contributed by atoms with Gasteiger partial charge in [0.25, 0.3) is 0 Å². The first kappa shape index (κ1) is 23.9. The number of ketones is 1. The van der Waals surface area contributed by atoms with Crippen LogP contribution in [0.25, 0.3) is 0 Å². The second kappa shape index (κ2) is 9.82. The Labute approximate surface area is 184 Å². The van der Waals surface area contributed by atoms with Crippen LogP contribution < -0.4 is 9.61 Å². The molecular weight excluding hydrogens is 419 g/mol. The van der Waals surface area contributed by atoms with Crippen molar-refractivity contribution in [3.05, 3.63) is 30.3 Å². The van der Waals surface area contributed by atoms with Gasteiger partial charge in [-0.05, 0) is 50.4 Å². The van der Waals surface area contributed by atoms with Crippen LogP contribution >= 0.6 is 7.75 Å². The molecule has 1 aromatic carbocycles. The van der Waals surface area contributed by atoms with E-state index < -0.39 is 25.8 Å². The van der Waals surface area contributed by atoms with Gasteiger partial charge in [0.05, 0.1) is 19.3 Å². The maximum atomic E-state index is 13.6. The number of piperidine rings is 3. The van der Waals surface area contributed by atoms with Crippen LogP contribution in [0, 0.1) is 11.3 Å². The Kier molecular flexibility index (Phi) is 7.58. The van der Waals surface area contributed by atoms with Crippen LogP contribution in [-0.4, -0.2) is 55.0 Å². The number of nitrogens with one attached hydrogen (secondary N) is 1. The molecule has 0 aliphatic carbocycles.